The normalized spacial score (nSPS) is 32.9. The molecule has 4 atom stereocenters. The van der Waals surface area contributed by atoms with Gasteiger partial charge < -0.3 is 0 Å². The summed E-state index contributed by atoms with van der Waals surface area (Å²) in [6.45, 7) is 2.14. The predicted octanol–water partition coefficient (Wildman–Crippen LogP) is 4.58. The molecule has 0 saturated heterocycles. The lowest BCUT2D eigenvalue weighted by molar-refractivity contribution is 0.319. The van der Waals surface area contributed by atoms with E-state index in [0.29, 0.717) is 5.38 Å². The minimum absolute atomic E-state index is 0.355. The van der Waals surface area contributed by atoms with E-state index >= 15 is 0 Å². The average molecular weight is 249 g/mol. The minimum atomic E-state index is 0.355. The van der Waals surface area contributed by atoms with Crippen molar-refractivity contribution in [2.24, 2.45) is 17.8 Å². The van der Waals surface area contributed by atoms with Gasteiger partial charge >= 0.3 is 0 Å². The number of hydrogen-bond acceptors (Lipinski definition) is 0. The third-order valence-electron chi connectivity index (χ3n) is 4.81. The van der Waals surface area contributed by atoms with Crippen LogP contribution in [0.4, 0.5) is 0 Å². The fraction of sp³-hybridized carbons (Fsp3) is 0.625. The van der Waals surface area contributed by atoms with Crippen LogP contribution < -0.4 is 0 Å². The molecule has 0 heterocycles. The van der Waals surface area contributed by atoms with Crippen LogP contribution in [0.15, 0.2) is 24.3 Å². The third kappa shape index (κ3) is 2.38. The van der Waals surface area contributed by atoms with Crippen LogP contribution in [-0.2, 0) is 6.42 Å². The molecule has 2 fully saturated rings. The molecule has 0 radical (unpaired) electrons. The highest BCUT2D eigenvalue weighted by molar-refractivity contribution is 6.21. The summed E-state index contributed by atoms with van der Waals surface area (Å²) < 4.78 is 0. The first-order valence-electron chi connectivity index (χ1n) is 6.92. The lowest BCUT2D eigenvalue weighted by Gasteiger charge is -2.26. The zero-order valence-corrected chi connectivity index (χ0v) is 11.3. The lowest BCUT2D eigenvalue weighted by atomic mass is 9.84. The summed E-state index contributed by atoms with van der Waals surface area (Å²) in [7, 11) is 0. The Balaban J connectivity index is 1.63. The number of aryl methyl sites for hydroxylation is 1. The Morgan fingerprint density at radius 3 is 2.53 bits per heavy atom. The number of fused-ring (bicyclic) bond motifs is 2. The fourth-order valence-corrected chi connectivity index (χ4v) is 4.32. The van der Waals surface area contributed by atoms with Crippen LogP contribution in [0.3, 0.4) is 0 Å². The standard InChI is InChI=1S/C16H21Cl/c1-11-2-4-12(5-3-11)10-16(17)15-9-13-6-7-14(15)8-13/h2-5,13-16H,6-10H2,1H3. The monoisotopic (exact) mass is 248 g/mol. The van der Waals surface area contributed by atoms with Gasteiger partial charge in [0.25, 0.3) is 0 Å². The summed E-state index contributed by atoms with van der Waals surface area (Å²) in [6, 6.07) is 8.86. The first kappa shape index (κ1) is 11.6. The molecule has 0 N–H and O–H groups in total. The molecule has 3 rings (SSSR count). The zero-order chi connectivity index (χ0) is 11.8. The van der Waals surface area contributed by atoms with Gasteiger partial charge in [-0.15, -0.1) is 11.6 Å². The van der Waals surface area contributed by atoms with Crippen molar-refractivity contribution in [1.29, 1.82) is 0 Å². The Kier molecular flexibility index (Phi) is 3.17. The van der Waals surface area contributed by atoms with E-state index in [-0.39, 0.29) is 0 Å². The Morgan fingerprint density at radius 1 is 1.18 bits per heavy atom. The topological polar surface area (TPSA) is 0 Å². The van der Waals surface area contributed by atoms with Crippen LogP contribution in [0.2, 0.25) is 0 Å². The zero-order valence-electron chi connectivity index (χ0n) is 10.5. The third-order valence-corrected chi connectivity index (χ3v) is 5.29. The molecule has 0 nitrogen and oxygen atoms in total. The highest BCUT2D eigenvalue weighted by atomic mass is 35.5. The van der Waals surface area contributed by atoms with E-state index in [9.17, 15) is 0 Å². The molecule has 2 aliphatic rings. The first-order valence-corrected chi connectivity index (χ1v) is 7.35. The van der Waals surface area contributed by atoms with Crippen molar-refractivity contribution in [2.45, 2.75) is 44.4 Å². The van der Waals surface area contributed by atoms with E-state index in [1.54, 1.807) is 0 Å². The number of rotatable bonds is 3. The van der Waals surface area contributed by atoms with Gasteiger partial charge in [0.05, 0.1) is 0 Å². The highest BCUT2D eigenvalue weighted by Crippen LogP contribution is 2.50. The van der Waals surface area contributed by atoms with Gasteiger partial charge in [0.15, 0.2) is 0 Å². The van der Waals surface area contributed by atoms with E-state index in [0.717, 1.165) is 24.2 Å². The summed E-state index contributed by atoms with van der Waals surface area (Å²) in [5.74, 6) is 2.73. The van der Waals surface area contributed by atoms with E-state index in [1.165, 1.54) is 36.8 Å². The molecular formula is C16H21Cl. The van der Waals surface area contributed by atoms with Crippen molar-refractivity contribution in [2.75, 3.05) is 0 Å². The highest BCUT2D eigenvalue weighted by Gasteiger charge is 2.42. The predicted molar refractivity (Wildman–Crippen MR) is 73.5 cm³/mol. The van der Waals surface area contributed by atoms with Gasteiger partial charge in [0.1, 0.15) is 0 Å². The number of halogens is 1. The molecule has 0 spiro atoms. The van der Waals surface area contributed by atoms with Crippen LogP contribution in [0.1, 0.15) is 36.8 Å². The van der Waals surface area contributed by atoms with Gasteiger partial charge in [0, 0.05) is 5.38 Å². The minimum Gasteiger partial charge on any atom is -0.122 e. The Labute approximate surface area is 109 Å². The number of hydrogen-bond donors (Lipinski definition) is 0. The molecule has 0 amide bonds. The number of alkyl halides is 1. The molecule has 17 heavy (non-hydrogen) atoms. The maximum Gasteiger partial charge on any atom is 0.0407 e. The maximum absolute atomic E-state index is 6.66. The lowest BCUT2D eigenvalue weighted by Crippen LogP contribution is -2.23. The Bertz CT molecular complexity index is 381. The summed E-state index contributed by atoms with van der Waals surface area (Å²) in [5, 5.41) is 0.355. The molecule has 0 aromatic heterocycles. The quantitative estimate of drug-likeness (QED) is 0.687. The van der Waals surface area contributed by atoms with Crippen molar-refractivity contribution in [3.05, 3.63) is 35.4 Å². The number of benzene rings is 1. The summed E-state index contributed by atoms with van der Waals surface area (Å²) in [4.78, 5) is 0. The largest absolute Gasteiger partial charge is 0.122 e. The molecule has 2 saturated carbocycles. The second-order valence-electron chi connectivity index (χ2n) is 6.04. The molecule has 2 aliphatic carbocycles. The van der Waals surface area contributed by atoms with Crippen LogP contribution in [0.5, 0.6) is 0 Å². The van der Waals surface area contributed by atoms with E-state index < -0.39 is 0 Å². The molecule has 0 aliphatic heterocycles. The maximum atomic E-state index is 6.66. The molecule has 1 heteroatoms. The van der Waals surface area contributed by atoms with Crippen LogP contribution >= 0.6 is 11.6 Å². The van der Waals surface area contributed by atoms with Crippen molar-refractivity contribution >= 4 is 11.6 Å². The van der Waals surface area contributed by atoms with Crippen molar-refractivity contribution in [3.8, 4) is 0 Å². The molecule has 2 bridgehead atoms. The molecule has 92 valence electrons. The van der Waals surface area contributed by atoms with Gasteiger partial charge in [-0.2, -0.15) is 0 Å². The SMILES string of the molecule is Cc1ccc(CC(Cl)C2CC3CCC2C3)cc1. The fourth-order valence-electron chi connectivity index (χ4n) is 3.84. The summed E-state index contributed by atoms with van der Waals surface area (Å²) >= 11 is 6.66. The van der Waals surface area contributed by atoms with E-state index in [4.69, 9.17) is 11.6 Å². The van der Waals surface area contributed by atoms with Crippen LogP contribution in [0, 0.1) is 24.7 Å². The summed E-state index contributed by atoms with van der Waals surface area (Å²) in [6.07, 6.45) is 6.81. The Morgan fingerprint density at radius 2 is 1.94 bits per heavy atom. The smallest absolute Gasteiger partial charge is 0.0407 e. The van der Waals surface area contributed by atoms with Crippen molar-refractivity contribution < 1.29 is 0 Å². The molecule has 4 unspecified atom stereocenters. The van der Waals surface area contributed by atoms with Crippen molar-refractivity contribution in [3.63, 3.8) is 0 Å². The van der Waals surface area contributed by atoms with E-state index in [2.05, 4.69) is 31.2 Å². The molecule has 1 aromatic rings. The molecular weight excluding hydrogens is 228 g/mol. The van der Waals surface area contributed by atoms with Gasteiger partial charge in [-0.3, -0.25) is 0 Å². The van der Waals surface area contributed by atoms with E-state index in [1.807, 2.05) is 0 Å². The average Bonchev–Trinajstić information content (AvgIpc) is 2.94. The van der Waals surface area contributed by atoms with Gasteiger partial charge in [0.2, 0.25) is 0 Å². The van der Waals surface area contributed by atoms with Crippen molar-refractivity contribution in [1.82, 2.24) is 0 Å². The van der Waals surface area contributed by atoms with Crippen LogP contribution in [0.25, 0.3) is 0 Å². The van der Waals surface area contributed by atoms with Gasteiger partial charge in [-0.25, -0.2) is 0 Å². The van der Waals surface area contributed by atoms with Gasteiger partial charge in [-0.1, -0.05) is 36.2 Å². The van der Waals surface area contributed by atoms with Gasteiger partial charge in [-0.05, 0) is 55.9 Å². The van der Waals surface area contributed by atoms with Crippen LogP contribution in [-0.4, -0.2) is 5.38 Å². The molecule has 1 aromatic carbocycles. The second kappa shape index (κ2) is 4.65. The first-order chi connectivity index (χ1) is 8.22. The Hall–Kier alpha value is -0.490. The second-order valence-corrected chi connectivity index (χ2v) is 6.61. The summed E-state index contributed by atoms with van der Waals surface area (Å²) in [5.41, 5.74) is 2.73.